The van der Waals surface area contributed by atoms with Crippen LogP contribution >= 0.6 is 47.8 Å². The van der Waals surface area contributed by atoms with E-state index in [-0.39, 0.29) is 5.78 Å². The van der Waals surface area contributed by atoms with E-state index < -0.39 is 0 Å². The molecule has 0 aliphatic rings. The molecule has 2 aromatic rings. The Bertz CT molecular complexity index is 578. The molecular weight excluding hydrogens is 426 g/mol. The van der Waals surface area contributed by atoms with Crippen LogP contribution in [0.2, 0.25) is 0 Å². The molecule has 0 saturated carbocycles. The third-order valence-electron chi connectivity index (χ3n) is 2.31. The first-order valence-corrected chi connectivity index (χ1v) is 7.51. The Morgan fingerprint density at radius 2 is 1.61 bits per heavy atom. The maximum atomic E-state index is 12.1. The molecule has 0 amide bonds. The average Bonchev–Trinajstić information content (AvgIpc) is 2.27. The number of carbonyl (C=O) groups is 1. The van der Waals surface area contributed by atoms with Crippen LogP contribution < -0.4 is 0 Å². The van der Waals surface area contributed by atoms with E-state index in [0.717, 1.165) is 19.0 Å². The van der Waals surface area contributed by atoms with Gasteiger partial charge in [0.25, 0.3) is 0 Å². The molecule has 0 spiro atoms. The quantitative estimate of drug-likeness (QED) is 0.651. The molecule has 0 radical (unpaired) electrons. The highest BCUT2D eigenvalue weighted by molar-refractivity contribution is 9.11. The molecule has 1 aromatic carbocycles. The molecule has 5 heteroatoms. The number of rotatable bonds is 3. The molecule has 0 saturated heterocycles. The smallest absolute Gasteiger partial charge is 0.167 e. The Hall–Kier alpha value is -0.520. The van der Waals surface area contributed by atoms with E-state index in [0.29, 0.717) is 12.0 Å². The number of ketones is 1. The van der Waals surface area contributed by atoms with Gasteiger partial charge in [0.05, 0.1) is 0 Å². The van der Waals surface area contributed by atoms with Crippen LogP contribution in [-0.2, 0) is 6.42 Å². The minimum absolute atomic E-state index is 0.0666. The standard InChI is InChI=1S/C13H8Br3NO/c14-10-3-9(4-11(15)5-10)13(18)2-8-1-12(16)7-17-6-8/h1,3-7H,2H2. The lowest BCUT2D eigenvalue weighted by molar-refractivity contribution is 0.0992. The van der Waals surface area contributed by atoms with Crippen LogP contribution in [0, 0.1) is 0 Å². The van der Waals surface area contributed by atoms with Crippen molar-refractivity contribution in [3.05, 3.63) is 61.2 Å². The topological polar surface area (TPSA) is 30.0 Å². The Morgan fingerprint density at radius 1 is 0.944 bits per heavy atom. The zero-order valence-corrected chi connectivity index (χ0v) is 13.9. The van der Waals surface area contributed by atoms with Crippen LogP contribution in [0.15, 0.2) is 50.1 Å². The van der Waals surface area contributed by atoms with Crippen molar-refractivity contribution in [3.8, 4) is 0 Å². The third kappa shape index (κ3) is 3.73. The van der Waals surface area contributed by atoms with E-state index >= 15 is 0 Å². The largest absolute Gasteiger partial charge is 0.294 e. The summed E-state index contributed by atoms with van der Waals surface area (Å²) in [6, 6.07) is 7.44. The summed E-state index contributed by atoms with van der Waals surface area (Å²) in [4.78, 5) is 16.2. The molecule has 92 valence electrons. The van der Waals surface area contributed by atoms with Gasteiger partial charge < -0.3 is 0 Å². The van der Waals surface area contributed by atoms with Crippen LogP contribution in [0.25, 0.3) is 0 Å². The molecule has 2 nitrogen and oxygen atoms in total. The first-order chi connectivity index (χ1) is 8.54. The SMILES string of the molecule is O=C(Cc1cncc(Br)c1)c1cc(Br)cc(Br)c1. The molecule has 0 atom stereocenters. The van der Waals surface area contributed by atoms with Crippen molar-refractivity contribution in [2.45, 2.75) is 6.42 Å². The van der Waals surface area contributed by atoms with E-state index in [4.69, 9.17) is 0 Å². The van der Waals surface area contributed by atoms with Crippen molar-refractivity contribution >= 4 is 53.6 Å². The Morgan fingerprint density at radius 3 is 2.22 bits per heavy atom. The highest BCUT2D eigenvalue weighted by Gasteiger charge is 2.09. The molecule has 18 heavy (non-hydrogen) atoms. The highest BCUT2D eigenvalue weighted by Crippen LogP contribution is 2.21. The second-order valence-corrected chi connectivity index (χ2v) is 6.52. The van der Waals surface area contributed by atoms with Gasteiger partial charge in [0.2, 0.25) is 0 Å². The molecule has 0 unspecified atom stereocenters. The van der Waals surface area contributed by atoms with Crippen LogP contribution in [-0.4, -0.2) is 10.8 Å². The van der Waals surface area contributed by atoms with Crippen molar-refractivity contribution in [1.82, 2.24) is 4.98 Å². The molecular formula is C13H8Br3NO. The van der Waals surface area contributed by atoms with Gasteiger partial charge in [0.15, 0.2) is 5.78 Å². The Labute approximate surface area is 130 Å². The van der Waals surface area contributed by atoms with Crippen LogP contribution in [0.1, 0.15) is 15.9 Å². The lowest BCUT2D eigenvalue weighted by atomic mass is 10.0. The van der Waals surface area contributed by atoms with Gasteiger partial charge in [-0.3, -0.25) is 9.78 Å². The van der Waals surface area contributed by atoms with Gasteiger partial charge in [0, 0.05) is 37.8 Å². The van der Waals surface area contributed by atoms with Crippen molar-refractivity contribution in [2.24, 2.45) is 0 Å². The highest BCUT2D eigenvalue weighted by atomic mass is 79.9. The lowest BCUT2D eigenvalue weighted by Gasteiger charge is -2.03. The van der Waals surface area contributed by atoms with Gasteiger partial charge in [-0.15, -0.1) is 0 Å². The minimum atomic E-state index is 0.0666. The number of Topliss-reactive ketones (excluding diaryl/α,β-unsaturated/α-hetero) is 1. The first kappa shape index (κ1) is 13.9. The van der Waals surface area contributed by atoms with Gasteiger partial charge in [0.1, 0.15) is 0 Å². The van der Waals surface area contributed by atoms with Gasteiger partial charge in [-0.1, -0.05) is 31.9 Å². The molecule has 1 aromatic heterocycles. The molecule has 2 rings (SSSR count). The number of benzene rings is 1. The fourth-order valence-electron chi connectivity index (χ4n) is 1.55. The summed E-state index contributed by atoms with van der Waals surface area (Å²) in [5.74, 6) is 0.0666. The number of aromatic nitrogens is 1. The van der Waals surface area contributed by atoms with Crippen molar-refractivity contribution in [2.75, 3.05) is 0 Å². The van der Waals surface area contributed by atoms with Gasteiger partial charge in [-0.05, 0) is 45.8 Å². The number of halogens is 3. The van der Waals surface area contributed by atoms with E-state index in [1.54, 1.807) is 12.4 Å². The van der Waals surface area contributed by atoms with Crippen LogP contribution in [0.4, 0.5) is 0 Å². The number of hydrogen-bond donors (Lipinski definition) is 0. The number of nitrogens with zero attached hydrogens (tertiary/aromatic N) is 1. The van der Waals surface area contributed by atoms with Crippen LogP contribution in [0.3, 0.4) is 0 Å². The summed E-state index contributed by atoms with van der Waals surface area (Å²) in [5, 5.41) is 0. The number of pyridine rings is 1. The predicted octanol–water partition coefficient (Wildman–Crippen LogP) is 4.79. The molecule has 1 heterocycles. The summed E-state index contributed by atoms with van der Waals surface area (Å²) in [6.45, 7) is 0. The normalized spacial score (nSPS) is 10.4. The summed E-state index contributed by atoms with van der Waals surface area (Å²) in [7, 11) is 0. The Kier molecular flexibility index (Phi) is 4.70. The van der Waals surface area contributed by atoms with E-state index in [1.165, 1.54) is 0 Å². The summed E-state index contributed by atoms with van der Waals surface area (Å²) < 4.78 is 2.64. The minimum Gasteiger partial charge on any atom is -0.294 e. The molecule has 0 aliphatic carbocycles. The monoisotopic (exact) mass is 431 g/mol. The number of carbonyl (C=O) groups excluding carboxylic acids is 1. The van der Waals surface area contributed by atoms with Gasteiger partial charge >= 0.3 is 0 Å². The molecule has 0 aliphatic heterocycles. The molecule has 0 bridgehead atoms. The maximum Gasteiger partial charge on any atom is 0.167 e. The summed E-state index contributed by atoms with van der Waals surface area (Å²) in [6.07, 6.45) is 3.74. The maximum absolute atomic E-state index is 12.1. The van der Waals surface area contributed by atoms with E-state index in [2.05, 4.69) is 52.8 Å². The molecule has 0 N–H and O–H groups in total. The van der Waals surface area contributed by atoms with E-state index in [9.17, 15) is 4.79 Å². The van der Waals surface area contributed by atoms with Crippen molar-refractivity contribution in [3.63, 3.8) is 0 Å². The third-order valence-corrected chi connectivity index (χ3v) is 3.66. The molecule has 0 fully saturated rings. The zero-order valence-electron chi connectivity index (χ0n) is 9.16. The predicted molar refractivity (Wildman–Crippen MR) is 81.8 cm³/mol. The first-order valence-electron chi connectivity index (χ1n) is 5.13. The average molecular weight is 434 g/mol. The van der Waals surface area contributed by atoms with E-state index in [1.807, 2.05) is 24.3 Å². The van der Waals surface area contributed by atoms with Crippen LogP contribution in [0.5, 0.6) is 0 Å². The van der Waals surface area contributed by atoms with Crippen molar-refractivity contribution < 1.29 is 4.79 Å². The second kappa shape index (κ2) is 6.08. The van der Waals surface area contributed by atoms with Gasteiger partial charge in [-0.25, -0.2) is 0 Å². The summed E-state index contributed by atoms with van der Waals surface area (Å²) in [5.41, 5.74) is 1.57. The lowest BCUT2D eigenvalue weighted by Crippen LogP contribution is -2.04. The summed E-state index contributed by atoms with van der Waals surface area (Å²) >= 11 is 10.1. The second-order valence-electron chi connectivity index (χ2n) is 3.77. The fourth-order valence-corrected chi connectivity index (χ4v) is 3.26. The fraction of sp³-hybridized carbons (Fsp3) is 0.0769. The van der Waals surface area contributed by atoms with Crippen molar-refractivity contribution in [1.29, 1.82) is 0 Å². The zero-order chi connectivity index (χ0) is 13.1. The van der Waals surface area contributed by atoms with Gasteiger partial charge in [-0.2, -0.15) is 0 Å². The Balaban J connectivity index is 2.22. The number of hydrogen-bond acceptors (Lipinski definition) is 2.